The minimum Gasteiger partial charge on any atom is -0.481 e. The average molecular weight is 342 g/mol. The lowest BCUT2D eigenvalue weighted by molar-refractivity contribution is -0.138. The summed E-state index contributed by atoms with van der Waals surface area (Å²) in [5, 5.41) is 0. The smallest absolute Gasteiger partial charge is 0.263 e. The highest BCUT2D eigenvalue weighted by atomic mass is 19.1. The summed E-state index contributed by atoms with van der Waals surface area (Å²) in [5.74, 6) is 0.434. The molecule has 0 spiro atoms. The van der Waals surface area contributed by atoms with Gasteiger partial charge in [0.15, 0.2) is 6.10 Å². The van der Waals surface area contributed by atoms with E-state index in [1.165, 1.54) is 6.07 Å². The fraction of sp³-hybridized carbons (Fsp3) is 0.350. The van der Waals surface area contributed by atoms with Crippen molar-refractivity contribution in [3.63, 3.8) is 0 Å². The molecule has 2 aromatic carbocycles. The molecule has 5 heteroatoms. The van der Waals surface area contributed by atoms with Crippen molar-refractivity contribution in [1.29, 1.82) is 0 Å². The second-order valence-corrected chi connectivity index (χ2v) is 6.34. The van der Waals surface area contributed by atoms with Crippen LogP contribution in [0.5, 0.6) is 5.75 Å². The lowest BCUT2D eigenvalue weighted by Gasteiger charge is -2.37. The van der Waals surface area contributed by atoms with Gasteiger partial charge >= 0.3 is 0 Å². The van der Waals surface area contributed by atoms with Gasteiger partial charge in [-0.05, 0) is 38.1 Å². The van der Waals surface area contributed by atoms with Gasteiger partial charge in [-0.15, -0.1) is 0 Å². The van der Waals surface area contributed by atoms with Crippen LogP contribution in [-0.4, -0.2) is 43.1 Å². The molecule has 0 aromatic heterocycles. The number of carbonyl (C=O) groups excluding carboxylic acids is 1. The van der Waals surface area contributed by atoms with Crippen molar-refractivity contribution in [3.8, 4) is 5.75 Å². The second kappa shape index (κ2) is 7.55. The van der Waals surface area contributed by atoms with Crippen molar-refractivity contribution in [2.45, 2.75) is 20.0 Å². The van der Waals surface area contributed by atoms with Crippen molar-refractivity contribution in [1.82, 2.24) is 4.90 Å². The van der Waals surface area contributed by atoms with Crippen LogP contribution in [-0.2, 0) is 4.79 Å². The van der Waals surface area contributed by atoms with E-state index in [1.54, 1.807) is 24.0 Å². The van der Waals surface area contributed by atoms with Gasteiger partial charge in [-0.25, -0.2) is 4.39 Å². The zero-order valence-electron chi connectivity index (χ0n) is 14.6. The summed E-state index contributed by atoms with van der Waals surface area (Å²) in [7, 11) is 0. The van der Waals surface area contributed by atoms with E-state index in [-0.39, 0.29) is 11.7 Å². The number of piperazine rings is 1. The van der Waals surface area contributed by atoms with Crippen molar-refractivity contribution in [2.75, 3.05) is 31.1 Å². The van der Waals surface area contributed by atoms with E-state index < -0.39 is 6.10 Å². The summed E-state index contributed by atoms with van der Waals surface area (Å²) in [5.41, 5.74) is 1.74. The van der Waals surface area contributed by atoms with E-state index in [2.05, 4.69) is 0 Å². The van der Waals surface area contributed by atoms with Crippen LogP contribution in [0, 0.1) is 12.7 Å². The molecule has 1 aliphatic rings. The molecule has 1 heterocycles. The Morgan fingerprint density at radius 3 is 2.32 bits per heavy atom. The number of amides is 1. The predicted octanol–water partition coefficient (Wildman–Crippen LogP) is 3.25. The molecule has 1 aliphatic heterocycles. The quantitative estimate of drug-likeness (QED) is 0.855. The number of rotatable bonds is 4. The first-order chi connectivity index (χ1) is 12.0. The number of nitrogens with zero attached hydrogens (tertiary/aromatic N) is 2. The fourth-order valence-corrected chi connectivity index (χ4v) is 3.00. The minimum atomic E-state index is -0.539. The van der Waals surface area contributed by atoms with Gasteiger partial charge < -0.3 is 14.5 Å². The first kappa shape index (κ1) is 17.3. The highest BCUT2D eigenvalue weighted by Gasteiger charge is 2.26. The van der Waals surface area contributed by atoms with Crippen LogP contribution in [0.25, 0.3) is 0 Å². The van der Waals surface area contributed by atoms with Gasteiger partial charge in [0.1, 0.15) is 11.6 Å². The molecule has 0 aliphatic carbocycles. The number of benzene rings is 2. The third-order valence-electron chi connectivity index (χ3n) is 4.47. The van der Waals surface area contributed by atoms with Crippen LogP contribution in [0.15, 0.2) is 48.5 Å². The van der Waals surface area contributed by atoms with E-state index >= 15 is 0 Å². The van der Waals surface area contributed by atoms with Crippen molar-refractivity contribution in [3.05, 3.63) is 59.9 Å². The lowest BCUT2D eigenvalue weighted by atomic mass is 10.2. The maximum atomic E-state index is 13.9. The largest absolute Gasteiger partial charge is 0.481 e. The topological polar surface area (TPSA) is 32.8 Å². The minimum absolute atomic E-state index is 0.0336. The molecule has 1 saturated heterocycles. The molecule has 0 bridgehead atoms. The van der Waals surface area contributed by atoms with Gasteiger partial charge in [-0.1, -0.05) is 29.8 Å². The summed E-state index contributed by atoms with van der Waals surface area (Å²) >= 11 is 0. The zero-order chi connectivity index (χ0) is 17.8. The van der Waals surface area contributed by atoms with Gasteiger partial charge in [0.2, 0.25) is 0 Å². The first-order valence-electron chi connectivity index (χ1n) is 8.56. The summed E-state index contributed by atoms with van der Waals surface area (Å²) in [6.07, 6.45) is -0.539. The highest BCUT2D eigenvalue weighted by Crippen LogP contribution is 2.21. The summed E-state index contributed by atoms with van der Waals surface area (Å²) < 4.78 is 19.6. The normalized spacial score (nSPS) is 15.8. The van der Waals surface area contributed by atoms with Crippen molar-refractivity contribution >= 4 is 11.6 Å². The van der Waals surface area contributed by atoms with Crippen LogP contribution in [0.3, 0.4) is 0 Å². The Morgan fingerprint density at radius 2 is 1.68 bits per heavy atom. The Hall–Kier alpha value is -2.56. The molecule has 1 amide bonds. The Balaban J connectivity index is 1.56. The summed E-state index contributed by atoms with van der Waals surface area (Å²) in [6.45, 7) is 6.14. The number of hydrogen-bond acceptors (Lipinski definition) is 3. The molecule has 2 aromatic rings. The number of halogens is 1. The van der Waals surface area contributed by atoms with Crippen LogP contribution < -0.4 is 9.64 Å². The standard InChI is InChI=1S/C20H23FN2O2/c1-15-7-9-17(10-8-15)25-16(2)20(24)23-13-11-22(12-14-23)19-6-4-3-5-18(19)21/h3-10,16H,11-14H2,1-2H3. The van der Waals surface area contributed by atoms with Gasteiger partial charge in [0.05, 0.1) is 5.69 Å². The third kappa shape index (κ3) is 4.10. The molecule has 3 rings (SSSR count). The molecule has 132 valence electrons. The van der Waals surface area contributed by atoms with Crippen LogP contribution in [0.2, 0.25) is 0 Å². The van der Waals surface area contributed by atoms with Gasteiger partial charge in [-0.3, -0.25) is 4.79 Å². The number of para-hydroxylation sites is 1. The number of anilines is 1. The predicted molar refractivity (Wildman–Crippen MR) is 96.5 cm³/mol. The number of ether oxygens (including phenoxy) is 1. The molecule has 0 N–H and O–H groups in total. The average Bonchev–Trinajstić information content (AvgIpc) is 2.63. The van der Waals surface area contributed by atoms with Gasteiger partial charge in [-0.2, -0.15) is 0 Å². The van der Waals surface area contributed by atoms with Crippen LogP contribution in [0.4, 0.5) is 10.1 Å². The van der Waals surface area contributed by atoms with Gasteiger partial charge in [0, 0.05) is 26.2 Å². The molecule has 1 fully saturated rings. The van der Waals surface area contributed by atoms with Crippen molar-refractivity contribution < 1.29 is 13.9 Å². The molecule has 0 saturated carbocycles. The SMILES string of the molecule is Cc1ccc(OC(C)C(=O)N2CCN(c3ccccc3F)CC2)cc1. The fourth-order valence-electron chi connectivity index (χ4n) is 3.00. The van der Waals surface area contributed by atoms with Crippen molar-refractivity contribution in [2.24, 2.45) is 0 Å². The highest BCUT2D eigenvalue weighted by molar-refractivity contribution is 5.81. The van der Waals surface area contributed by atoms with E-state index in [0.717, 1.165) is 5.56 Å². The van der Waals surface area contributed by atoms with Gasteiger partial charge in [0.25, 0.3) is 5.91 Å². The Labute approximate surface area is 147 Å². The lowest BCUT2D eigenvalue weighted by Crippen LogP contribution is -2.52. The molecule has 1 unspecified atom stereocenters. The Kier molecular flexibility index (Phi) is 5.22. The van der Waals surface area contributed by atoms with Crippen LogP contribution in [0.1, 0.15) is 12.5 Å². The second-order valence-electron chi connectivity index (χ2n) is 6.34. The molecule has 1 atom stereocenters. The summed E-state index contributed by atoms with van der Waals surface area (Å²) in [4.78, 5) is 16.4. The number of aryl methyl sites for hydroxylation is 1. The maximum Gasteiger partial charge on any atom is 0.263 e. The van der Waals surface area contributed by atoms with E-state index in [0.29, 0.717) is 37.6 Å². The molecular formula is C20H23FN2O2. The Bertz CT molecular complexity index is 725. The molecular weight excluding hydrogens is 319 g/mol. The van der Waals surface area contributed by atoms with Crippen LogP contribution >= 0.6 is 0 Å². The van der Waals surface area contributed by atoms with E-state index in [9.17, 15) is 9.18 Å². The van der Waals surface area contributed by atoms with E-state index in [4.69, 9.17) is 4.74 Å². The maximum absolute atomic E-state index is 13.9. The first-order valence-corrected chi connectivity index (χ1v) is 8.56. The molecule has 25 heavy (non-hydrogen) atoms. The zero-order valence-corrected chi connectivity index (χ0v) is 14.6. The summed E-state index contributed by atoms with van der Waals surface area (Å²) in [6, 6.07) is 14.4. The Morgan fingerprint density at radius 1 is 1.04 bits per heavy atom. The molecule has 0 radical (unpaired) electrons. The molecule has 4 nitrogen and oxygen atoms in total. The number of carbonyl (C=O) groups is 1. The monoisotopic (exact) mass is 342 g/mol. The number of hydrogen-bond donors (Lipinski definition) is 0. The third-order valence-corrected chi connectivity index (χ3v) is 4.47. The van der Waals surface area contributed by atoms with E-state index in [1.807, 2.05) is 42.2 Å².